The van der Waals surface area contributed by atoms with Crippen molar-refractivity contribution in [3.8, 4) is 56.5 Å². The summed E-state index contributed by atoms with van der Waals surface area (Å²) in [4.78, 5) is 20.7. The number of rotatable bonds is 5. The summed E-state index contributed by atoms with van der Waals surface area (Å²) in [6.07, 6.45) is 0. The highest BCUT2D eigenvalue weighted by Crippen LogP contribution is 2.45. The number of nitrogens with zero attached hydrogens (tertiary/aromatic N) is 4. The number of fused-ring (bicyclic) bond motifs is 10. The minimum atomic E-state index is 0.593. The number of para-hydroxylation sites is 2. The smallest absolute Gasteiger partial charge is 0.164 e. The average Bonchev–Trinajstić information content (AvgIpc) is 3.88. The molecule has 12 rings (SSSR count). The molecule has 0 N–H and O–H groups in total. The number of benzene rings is 8. The van der Waals surface area contributed by atoms with Crippen LogP contribution in [0, 0.1) is 0 Å². The number of furan rings is 1. The van der Waals surface area contributed by atoms with E-state index in [9.17, 15) is 0 Å². The van der Waals surface area contributed by atoms with E-state index in [4.69, 9.17) is 24.4 Å². The van der Waals surface area contributed by atoms with Crippen LogP contribution in [0.15, 0.2) is 186 Å². The minimum absolute atomic E-state index is 0.593. The monoisotopic (exact) mass is 758 g/mol. The molecule has 4 aromatic heterocycles. The molecule has 8 aromatic carbocycles. The van der Waals surface area contributed by atoms with Crippen LogP contribution in [0.1, 0.15) is 0 Å². The first kappa shape index (κ1) is 32.7. The fraction of sp³-hybridized carbons (Fsp3) is 0. The minimum Gasteiger partial charge on any atom is -0.456 e. The molecule has 0 aliphatic rings. The molecule has 0 atom stereocenters. The number of aromatic nitrogens is 4. The summed E-state index contributed by atoms with van der Waals surface area (Å²) in [7, 11) is 0. The molecule has 0 radical (unpaired) electrons. The molecule has 5 nitrogen and oxygen atoms in total. The van der Waals surface area contributed by atoms with E-state index >= 15 is 0 Å². The second kappa shape index (κ2) is 13.0. The van der Waals surface area contributed by atoms with Crippen LogP contribution in [-0.2, 0) is 0 Å². The summed E-state index contributed by atoms with van der Waals surface area (Å²) in [5.41, 5.74) is 9.52. The number of pyridine rings is 1. The Kier molecular flexibility index (Phi) is 7.33. The molecule has 0 fully saturated rings. The van der Waals surface area contributed by atoms with Crippen molar-refractivity contribution in [3.63, 3.8) is 0 Å². The van der Waals surface area contributed by atoms with Gasteiger partial charge in [-0.3, -0.25) is 0 Å². The Bertz CT molecular complexity index is 3560. The summed E-state index contributed by atoms with van der Waals surface area (Å²) < 4.78 is 8.81. The summed E-state index contributed by atoms with van der Waals surface area (Å²) >= 11 is 1.85. The van der Waals surface area contributed by atoms with Gasteiger partial charge in [0, 0.05) is 74.9 Å². The fourth-order valence-corrected chi connectivity index (χ4v) is 9.60. The third-order valence-electron chi connectivity index (χ3n) is 11.1. The van der Waals surface area contributed by atoms with Gasteiger partial charge < -0.3 is 4.42 Å². The van der Waals surface area contributed by atoms with Gasteiger partial charge in [-0.15, -0.1) is 11.3 Å². The molecule has 0 saturated carbocycles. The van der Waals surface area contributed by atoms with E-state index in [1.165, 1.54) is 25.6 Å². The largest absolute Gasteiger partial charge is 0.456 e. The zero-order valence-electron chi connectivity index (χ0n) is 30.9. The molecule has 4 heterocycles. The summed E-state index contributed by atoms with van der Waals surface area (Å²) in [5.74, 6) is 1.80. The summed E-state index contributed by atoms with van der Waals surface area (Å²) in [6, 6.07) is 63.2. The highest BCUT2D eigenvalue weighted by Gasteiger charge is 2.20. The van der Waals surface area contributed by atoms with Gasteiger partial charge >= 0.3 is 0 Å². The maximum Gasteiger partial charge on any atom is 0.164 e. The van der Waals surface area contributed by atoms with Crippen LogP contribution in [0.3, 0.4) is 0 Å². The lowest BCUT2D eigenvalue weighted by molar-refractivity contribution is 0.669. The van der Waals surface area contributed by atoms with Gasteiger partial charge in [0.1, 0.15) is 11.2 Å². The van der Waals surface area contributed by atoms with E-state index < -0.39 is 0 Å². The van der Waals surface area contributed by atoms with Crippen LogP contribution in [-0.4, -0.2) is 19.9 Å². The molecule has 0 bridgehead atoms. The first-order valence-electron chi connectivity index (χ1n) is 19.3. The van der Waals surface area contributed by atoms with Crippen molar-refractivity contribution in [2.75, 3.05) is 0 Å². The van der Waals surface area contributed by atoms with Gasteiger partial charge in [0.25, 0.3) is 0 Å². The molecule has 0 saturated heterocycles. The van der Waals surface area contributed by atoms with E-state index in [0.717, 1.165) is 77.3 Å². The van der Waals surface area contributed by atoms with Gasteiger partial charge in [-0.05, 0) is 29.8 Å². The predicted octanol–water partition coefficient (Wildman–Crippen LogP) is 14.2. The van der Waals surface area contributed by atoms with E-state index in [2.05, 4.69) is 121 Å². The topological polar surface area (TPSA) is 64.7 Å². The maximum atomic E-state index is 6.25. The SMILES string of the molecule is c1ccc(-c2nc(-c3ccc(-c4cccc5c4nc(-c4ccccc4)c4ccc6sc7ccccc7c6c45)cc3)nc(-c3cccc4oc5ccccc5c34)n2)cc1. The van der Waals surface area contributed by atoms with E-state index in [-0.39, 0.29) is 0 Å². The molecule has 6 heteroatoms. The van der Waals surface area contributed by atoms with Crippen LogP contribution in [0.5, 0.6) is 0 Å². The maximum absolute atomic E-state index is 6.25. The third kappa shape index (κ3) is 5.16. The number of thiophene rings is 1. The van der Waals surface area contributed by atoms with Gasteiger partial charge in [0.05, 0.1) is 11.2 Å². The van der Waals surface area contributed by atoms with Crippen molar-refractivity contribution in [2.45, 2.75) is 0 Å². The van der Waals surface area contributed by atoms with Crippen molar-refractivity contribution < 1.29 is 4.42 Å². The standard InChI is InChI=1S/C52H30N4OS/c1-3-13-32(14-4-1)48-39-29-30-44-47(37-18-8-10-24-43(37)58-44)46(39)38-20-11-19-35(49(38)53-48)31-25-27-34(28-26-31)51-54-50(33-15-5-2-6-16-33)55-52(56-51)40-21-12-23-42-45(40)36-17-7-9-22-41(36)57-42/h1-30H. The molecule has 0 amide bonds. The normalized spacial score (nSPS) is 11.8. The first-order chi connectivity index (χ1) is 28.7. The van der Waals surface area contributed by atoms with Crippen LogP contribution in [0.4, 0.5) is 0 Å². The van der Waals surface area contributed by atoms with Crippen molar-refractivity contribution in [2.24, 2.45) is 0 Å². The van der Waals surface area contributed by atoms with Crippen LogP contribution in [0.25, 0.3) is 120 Å². The van der Waals surface area contributed by atoms with Gasteiger partial charge in [0.2, 0.25) is 0 Å². The third-order valence-corrected chi connectivity index (χ3v) is 12.3. The van der Waals surface area contributed by atoms with Crippen LogP contribution < -0.4 is 0 Å². The molecule has 12 aromatic rings. The van der Waals surface area contributed by atoms with E-state index in [0.29, 0.717) is 17.5 Å². The molecular weight excluding hydrogens is 729 g/mol. The van der Waals surface area contributed by atoms with Gasteiger partial charge in [-0.1, -0.05) is 158 Å². The Morgan fingerprint density at radius 1 is 0.328 bits per heavy atom. The Morgan fingerprint density at radius 2 is 0.931 bits per heavy atom. The van der Waals surface area contributed by atoms with Crippen molar-refractivity contribution in [1.29, 1.82) is 0 Å². The number of hydrogen-bond acceptors (Lipinski definition) is 6. The molecule has 0 spiro atoms. The Morgan fingerprint density at radius 3 is 1.74 bits per heavy atom. The predicted molar refractivity (Wildman–Crippen MR) is 240 cm³/mol. The highest BCUT2D eigenvalue weighted by molar-refractivity contribution is 7.26. The van der Waals surface area contributed by atoms with E-state index in [1.54, 1.807) is 0 Å². The second-order valence-corrected chi connectivity index (χ2v) is 15.6. The second-order valence-electron chi connectivity index (χ2n) is 14.5. The molecule has 0 aliphatic carbocycles. The van der Waals surface area contributed by atoms with E-state index in [1.807, 2.05) is 72.0 Å². The van der Waals surface area contributed by atoms with Crippen molar-refractivity contribution >= 4 is 75.1 Å². The molecular formula is C52H30N4OS. The van der Waals surface area contributed by atoms with Gasteiger partial charge in [-0.2, -0.15) is 0 Å². The molecule has 0 unspecified atom stereocenters. The lowest BCUT2D eigenvalue weighted by Crippen LogP contribution is -2.00. The van der Waals surface area contributed by atoms with Crippen LogP contribution in [0.2, 0.25) is 0 Å². The van der Waals surface area contributed by atoms with Gasteiger partial charge in [0.15, 0.2) is 17.5 Å². The lowest BCUT2D eigenvalue weighted by atomic mass is 9.93. The number of hydrogen-bond donors (Lipinski definition) is 0. The zero-order chi connectivity index (χ0) is 38.2. The van der Waals surface area contributed by atoms with Crippen molar-refractivity contribution in [3.05, 3.63) is 182 Å². The average molecular weight is 759 g/mol. The van der Waals surface area contributed by atoms with Gasteiger partial charge in [-0.25, -0.2) is 19.9 Å². The first-order valence-corrected chi connectivity index (χ1v) is 20.1. The van der Waals surface area contributed by atoms with Crippen molar-refractivity contribution in [1.82, 2.24) is 19.9 Å². The fourth-order valence-electron chi connectivity index (χ4n) is 8.48. The quantitative estimate of drug-likeness (QED) is 0.164. The molecule has 0 aliphatic heterocycles. The molecule has 58 heavy (non-hydrogen) atoms. The Balaban J connectivity index is 1.05. The Labute approximate surface area is 336 Å². The molecule has 270 valence electrons. The highest BCUT2D eigenvalue weighted by atomic mass is 32.1. The Hall–Kier alpha value is -7.54. The zero-order valence-corrected chi connectivity index (χ0v) is 31.7. The summed E-state index contributed by atoms with van der Waals surface area (Å²) in [5, 5.41) is 8.11. The summed E-state index contributed by atoms with van der Waals surface area (Å²) in [6.45, 7) is 0. The van der Waals surface area contributed by atoms with Crippen LogP contribution >= 0.6 is 11.3 Å². The lowest BCUT2D eigenvalue weighted by Gasteiger charge is -2.15.